The highest BCUT2D eigenvalue weighted by Gasteiger charge is 2.36. The Hall–Kier alpha value is -2.86. The molecule has 0 radical (unpaired) electrons. The number of carbonyl (C=O) groups is 1. The topological polar surface area (TPSA) is 66.5 Å². The van der Waals surface area contributed by atoms with E-state index in [-0.39, 0.29) is 17.3 Å². The third-order valence-electron chi connectivity index (χ3n) is 4.74. The van der Waals surface area contributed by atoms with Crippen molar-refractivity contribution >= 4 is 38.1 Å². The molecule has 27 heavy (non-hydrogen) atoms. The predicted molar refractivity (Wildman–Crippen MR) is 108 cm³/mol. The van der Waals surface area contributed by atoms with Gasteiger partial charge in [-0.05, 0) is 41.6 Å². The maximum atomic E-state index is 12.9. The quantitative estimate of drug-likeness (QED) is 0.729. The van der Waals surface area contributed by atoms with Crippen molar-refractivity contribution in [2.45, 2.75) is 24.7 Å². The fourth-order valence-corrected chi connectivity index (χ4v) is 5.17. The molecule has 0 bridgehead atoms. The summed E-state index contributed by atoms with van der Waals surface area (Å²) in [4.78, 5) is 12.8. The van der Waals surface area contributed by atoms with Crippen molar-refractivity contribution in [3.63, 3.8) is 0 Å². The van der Waals surface area contributed by atoms with Gasteiger partial charge in [-0.25, -0.2) is 8.42 Å². The first-order valence-corrected chi connectivity index (χ1v) is 10.4. The highest BCUT2D eigenvalue weighted by Crippen LogP contribution is 2.41. The molecule has 0 unspecified atom stereocenters. The van der Waals surface area contributed by atoms with Crippen LogP contribution in [0, 0.1) is 0 Å². The first kappa shape index (κ1) is 17.5. The lowest BCUT2D eigenvalue weighted by Gasteiger charge is -2.18. The van der Waals surface area contributed by atoms with E-state index in [4.69, 9.17) is 0 Å². The molecule has 3 aromatic rings. The molecule has 1 aliphatic heterocycles. The van der Waals surface area contributed by atoms with Crippen molar-refractivity contribution in [2.24, 2.45) is 0 Å². The summed E-state index contributed by atoms with van der Waals surface area (Å²) < 4.78 is 27.0. The molecule has 0 fully saturated rings. The van der Waals surface area contributed by atoms with Gasteiger partial charge >= 0.3 is 0 Å². The highest BCUT2D eigenvalue weighted by atomic mass is 32.2. The minimum absolute atomic E-state index is 0.257. The molecule has 6 heteroatoms. The largest absolute Gasteiger partial charge is 0.325 e. The first-order chi connectivity index (χ1) is 13.0. The lowest BCUT2D eigenvalue weighted by Crippen LogP contribution is -2.35. The number of aryl methyl sites for hydroxylation is 1. The predicted octanol–water partition coefficient (Wildman–Crippen LogP) is 3.94. The number of nitrogens with one attached hydrogen (secondary N) is 1. The van der Waals surface area contributed by atoms with E-state index in [9.17, 15) is 13.2 Å². The van der Waals surface area contributed by atoms with Crippen LogP contribution in [0.2, 0.25) is 0 Å². The van der Waals surface area contributed by atoms with Gasteiger partial charge in [0, 0.05) is 11.1 Å². The van der Waals surface area contributed by atoms with E-state index in [2.05, 4.69) is 12.2 Å². The van der Waals surface area contributed by atoms with Gasteiger partial charge < -0.3 is 5.32 Å². The van der Waals surface area contributed by atoms with Crippen LogP contribution >= 0.6 is 0 Å². The van der Waals surface area contributed by atoms with Gasteiger partial charge in [-0.1, -0.05) is 49.7 Å². The van der Waals surface area contributed by atoms with E-state index in [0.717, 1.165) is 18.2 Å². The summed E-state index contributed by atoms with van der Waals surface area (Å²) in [6, 6.07) is 18.2. The summed E-state index contributed by atoms with van der Waals surface area (Å²) in [6.45, 7) is 1.86. The second kappa shape index (κ2) is 6.70. The summed E-state index contributed by atoms with van der Waals surface area (Å²) in [5, 5.41) is 4.32. The van der Waals surface area contributed by atoms with Crippen molar-refractivity contribution in [1.82, 2.24) is 0 Å². The number of anilines is 2. The van der Waals surface area contributed by atoms with Crippen LogP contribution in [-0.4, -0.2) is 20.9 Å². The number of nitrogens with zero attached hydrogens (tertiary/aromatic N) is 1. The molecule has 0 saturated heterocycles. The smallest absolute Gasteiger partial charge is 0.265 e. The monoisotopic (exact) mass is 380 g/mol. The maximum absolute atomic E-state index is 12.9. The third-order valence-corrected chi connectivity index (χ3v) is 6.55. The molecule has 0 atom stereocenters. The zero-order valence-corrected chi connectivity index (χ0v) is 15.8. The van der Waals surface area contributed by atoms with Gasteiger partial charge in [-0.15, -0.1) is 0 Å². The standard InChI is InChI=1S/C21H20N2O3S/c1-2-5-15-10-12-17(13-11-15)22-20(24)14-23-18-8-3-6-16-7-4-9-19(21(16)18)27(23,25)26/h3-4,6-13H,2,5,14H2,1H3,(H,22,24). The van der Waals surface area contributed by atoms with Gasteiger partial charge in [0.05, 0.1) is 10.6 Å². The van der Waals surface area contributed by atoms with Crippen molar-refractivity contribution in [2.75, 3.05) is 16.2 Å². The fourth-order valence-electron chi connectivity index (χ4n) is 3.50. The molecule has 1 N–H and O–H groups in total. The zero-order chi connectivity index (χ0) is 19.0. The van der Waals surface area contributed by atoms with E-state index in [1.807, 2.05) is 36.4 Å². The Balaban J connectivity index is 1.58. The Labute approximate surface area is 158 Å². The molecule has 1 aliphatic rings. The molecule has 3 aromatic carbocycles. The highest BCUT2D eigenvalue weighted by molar-refractivity contribution is 7.93. The zero-order valence-electron chi connectivity index (χ0n) is 15.0. The number of carbonyl (C=O) groups excluding carboxylic acids is 1. The van der Waals surface area contributed by atoms with Crippen molar-refractivity contribution in [3.05, 3.63) is 66.2 Å². The first-order valence-electron chi connectivity index (χ1n) is 8.94. The molecule has 0 spiro atoms. The van der Waals surface area contributed by atoms with E-state index in [1.165, 1.54) is 9.87 Å². The summed E-state index contributed by atoms with van der Waals surface area (Å²) >= 11 is 0. The van der Waals surface area contributed by atoms with Crippen LogP contribution in [0.5, 0.6) is 0 Å². The van der Waals surface area contributed by atoms with E-state index < -0.39 is 10.0 Å². The van der Waals surface area contributed by atoms with Crippen LogP contribution in [0.4, 0.5) is 11.4 Å². The van der Waals surface area contributed by atoms with Crippen LogP contribution in [0.15, 0.2) is 65.6 Å². The third kappa shape index (κ3) is 3.06. The van der Waals surface area contributed by atoms with Crippen LogP contribution in [0.1, 0.15) is 18.9 Å². The van der Waals surface area contributed by atoms with E-state index in [1.54, 1.807) is 24.3 Å². The molecule has 4 rings (SSSR count). The molecule has 0 aliphatic carbocycles. The molecule has 5 nitrogen and oxygen atoms in total. The van der Waals surface area contributed by atoms with Gasteiger partial charge in [-0.3, -0.25) is 9.10 Å². The molecule has 1 heterocycles. The molecule has 0 saturated carbocycles. The number of amides is 1. The van der Waals surface area contributed by atoms with Crippen LogP contribution in [0.3, 0.4) is 0 Å². The van der Waals surface area contributed by atoms with Crippen LogP contribution in [0.25, 0.3) is 10.8 Å². The van der Waals surface area contributed by atoms with E-state index in [0.29, 0.717) is 16.8 Å². The lowest BCUT2D eigenvalue weighted by molar-refractivity contribution is -0.114. The number of sulfonamides is 1. The molecule has 138 valence electrons. The SMILES string of the molecule is CCCc1ccc(NC(=O)CN2c3cccc4cccc(c34)S2(=O)=O)cc1. The van der Waals surface area contributed by atoms with Gasteiger partial charge in [-0.2, -0.15) is 0 Å². The molecular weight excluding hydrogens is 360 g/mol. The average Bonchev–Trinajstić information content (AvgIpc) is 2.87. The maximum Gasteiger partial charge on any atom is 0.265 e. The Kier molecular flexibility index (Phi) is 4.36. The number of hydrogen-bond acceptors (Lipinski definition) is 3. The minimum Gasteiger partial charge on any atom is -0.325 e. The second-order valence-corrected chi connectivity index (χ2v) is 8.47. The van der Waals surface area contributed by atoms with Gasteiger partial charge in [0.15, 0.2) is 0 Å². The number of hydrogen-bond donors (Lipinski definition) is 1. The van der Waals surface area contributed by atoms with Crippen molar-refractivity contribution < 1.29 is 13.2 Å². The van der Waals surface area contributed by atoms with Crippen molar-refractivity contribution in [3.8, 4) is 0 Å². The summed E-state index contributed by atoms with van der Waals surface area (Å²) in [5.41, 5.74) is 2.42. The van der Waals surface area contributed by atoms with Crippen LogP contribution < -0.4 is 9.62 Å². The Bertz CT molecular complexity index is 1120. The number of rotatable bonds is 5. The number of benzene rings is 3. The molecular formula is C21H20N2O3S. The summed E-state index contributed by atoms with van der Waals surface area (Å²) in [5.74, 6) is -0.369. The van der Waals surface area contributed by atoms with Gasteiger partial charge in [0.25, 0.3) is 10.0 Å². The molecule has 1 amide bonds. The van der Waals surface area contributed by atoms with Crippen LogP contribution in [-0.2, 0) is 21.2 Å². The summed E-state index contributed by atoms with van der Waals surface area (Å²) in [6.07, 6.45) is 2.05. The average molecular weight is 380 g/mol. The van der Waals surface area contributed by atoms with Crippen molar-refractivity contribution in [1.29, 1.82) is 0 Å². The minimum atomic E-state index is -3.73. The normalized spacial score (nSPS) is 14.5. The molecule has 0 aromatic heterocycles. The van der Waals surface area contributed by atoms with Gasteiger partial charge in [0.1, 0.15) is 6.54 Å². The Morgan fingerprint density at radius 2 is 1.70 bits per heavy atom. The second-order valence-electron chi connectivity index (χ2n) is 6.64. The fraction of sp³-hybridized carbons (Fsp3) is 0.190. The van der Waals surface area contributed by atoms with Gasteiger partial charge in [0.2, 0.25) is 5.91 Å². The summed E-state index contributed by atoms with van der Waals surface area (Å²) in [7, 11) is -3.73. The van der Waals surface area contributed by atoms with E-state index >= 15 is 0 Å². The Morgan fingerprint density at radius 3 is 2.41 bits per heavy atom. The Morgan fingerprint density at radius 1 is 1.00 bits per heavy atom. The lowest BCUT2D eigenvalue weighted by atomic mass is 10.1.